The summed E-state index contributed by atoms with van der Waals surface area (Å²) >= 11 is 0. The number of H-pyrrole nitrogens is 1. The van der Waals surface area contributed by atoms with E-state index in [4.69, 9.17) is 5.73 Å². The molecule has 4 heterocycles. The molecule has 3 N–H and O–H groups in total. The van der Waals surface area contributed by atoms with Gasteiger partial charge in [0.2, 0.25) is 0 Å². The molecule has 0 aromatic carbocycles. The summed E-state index contributed by atoms with van der Waals surface area (Å²) in [6.07, 6.45) is 4.62. The Morgan fingerprint density at radius 1 is 1.40 bits per heavy atom. The van der Waals surface area contributed by atoms with Crippen LogP contribution in [0, 0.1) is 0 Å². The van der Waals surface area contributed by atoms with Gasteiger partial charge in [-0.15, -0.1) is 0 Å². The van der Waals surface area contributed by atoms with Gasteiger partial charge in [-0.2, -0.15) is 10.2 Å². The van der Waals surface area contributed by atoms with E-state index in [0.29, 0.717) is 29.6 Å². The third-order valence-corrected chi connectivity index (χ3v) is 6.41. The van der Waals surface area contributed by atoms with E-state index in [0.717, 1.165) is 0 Å². The smallest absolute Gasteiger partial charge is 0.264 e. The predicted molar refractivity (Wildman–Crippen MR) is 93.9 cm³/mol. The quantitative estimate of drug-likeness (QED) is 0.681. The Morgan fingerprint density at radius 2 is 2.20 bits per heavy atom. The highest BCUT2D eigenvalue weighted by Gasteiger charge is 2.28. The lowest BCUT2D eigenvalue weighted by molar-refractivity contribution is 0.462. The lowest BCUT2D eigenvalue weighted by Gasteiger charge is -2.24. The molecule has 0 saturated carbocycles. The van der Waals surface area contributed by atoms with Crippen molar-refractivity contribution >= 4 is 26.6 Å². The van der Waals surface area contributed by atoms with Crippen molar-refractivity contribution in [2.75, 3.05) is 17.2 Å². The highest BCUT2D eigenvalue weighted by molar-refractivity contribution is 7.91. The lowest BCUT2D eigenvalue weighted by Crippen LogP contribution is -2.33. The van der Waals surface area contributed by atoms with Crippen molar-refractivity contribution in [3.8, 4) is 11.3 Å². The largest absolute Gasteiger partial charge is 0.382 e. The summed E-state index contributed by atoms with van der Waals surface area (Å²) in [7, 11) is -1.36. The van der Waals surface area contributed by atoms with Gasteiger partial charge in [0.15, 0.2) is 15.7 Å². The van der Waals surface area contributed by atoms with Crippen LogP contribution < -0.4 is 11.3 Å². The predicted octanol–water partition coefficient (Wildman–Crippen LogP) is 0.457. The summed E-state index contributed by atoms with van der Waals surface area (Å²) in [4.78, 5) is 12.9. The maximum Gasteiger partial charge on any atom is 0.264 e. The van der Waals surface area contributed by atoms with Crippen LogP contribution >= 0.6 is 0 Å². The summed E-state index contributed by atoms with van der Waals surface area (Å²) < 4.78 is 27.2. The normalized spacial score (nSPS) is 20.1. The van der Waals surface area contributed by atoms with Crippen LogP contribution in [0.15, 0.2) is 23.3 Å². The minimum Gasteiger partial charge on any atom is -0.382 e. The van der Waals surface area contributed by atoms with E-state index in [9.17, 15) is 13.2 Å². The number of sulfone groups is 1. The highest BCUT2D eigenvalue weighted by Crippen LogP contribution is 2.29. The van der Waals surface area contributed by atoms with Gasteiger partial charge in [0.25, 0.3) is 5.56 Å². The molecule has 132 valence electrons. The van der Waals surface area contributed by atoms with E-state index in [-0.39, 0.29) is 28.3 Å². The first-order chi connectivity index (χ1) is 11.9. The van der Waals surface area contributed by atoms with Gasteiger partial charge in [-0.3, -0.25) is 14.6 Å². The number of aryl methyl sites for hydroxylation is 1. The summed E-state index contributed by atoms with van der Waals surface area (Å²) in [6, 6.07) is 1.41. The van der Waals surface area contributed by atoms with Crippen LogP contribution in [0.4, 0.5) is 5.82 Å². The third-order valence-electron chi connectivity index (χ3n) is 4.60. The number of aromatic nitrogens is 5. The van der Waals surface area contributed by atoms with Gasteiger partial charge >= 0.3 is 0 Å². The van der Waals surface area contributed by atoms with Crippen molar-refractivity contribution in [3.63, 3.8) is 0 Å². The Labute approximate surface area is 143 Å². The molecule has 1 aliphatic heterocycles. The SMILES string of the molecule is Cn1ccc(-c2cn(C3CCCS(=O)(=O)C3)c(=O)c3c(N)n[nH]c23)n1. The number of aromatic amines is 1. The maximum absolute atomic E-state index is 12.9. The van der Waals surface area contributed by atoms with E-state index < -0.39 is 15.9 Å². The first-order valence-corrected chi connectivity index (χ1v) is 9.77. The van der Waals surface area contributed by atoms with Crippen molar-refractivity contribution in [2.45, 2.75) is 18.9 Å². The van der Waals surface area contributed by atoms with Crippen LogP contribution in [0.3, 0.4) is 0 Å². The molecule has 1 atom stereocenters. The monoisotopic (exact) mass is 362 g/mol. The first kappa shape index (κ1) is 15.9. The third kappa shape index (κ3) is 2.62. The number of anilines is 1. The molecule has 1 fully saturated rings. The maximum atomic E-state index is 12.9. The van der Waals surface area contributed by atoms with Gasteiger partial charge in [0.05, 0.1) is 28.8 Å². The topological polar surface area (TPSA) is 129 Å². The van der Waals surface area contributed by atoms with Crippen molar-refractivity contribution in [1.29, 1.82) is 0 Å². The molecule has 3 aromatic rings. The van der Waals surface area contributed by atoms with Crippen molar-refractivity contribution in [3.05, 3.63) is 28.8 Å². The van der Waals surface area contributed by atoms with Gasteiger partial charge < -0.3 is 10.3 Å². The molecular weight excluding hydrogens is 344 g/mol. The molecule has 1 unspecified atom stereocenters. The minimum atomic E-state index is -3.15. The number of nitrogens with zero attached hydrogens (tertiary/aromatic N) is 4. The van der Waals surface area contributed by atoms with Crippen LogP contribution in [0.1, 0.15) is 18.9 Å². The fourth-order valence-electron chi connectivity index (χ4n) is 3.40. The number of nitrogens with two attached hydrogens (primary N) is 1. The molecule has 10 heteroatoms. The number of rotatable bonds is 2. The van der Waals surface area contributed by atoms with Gasteiger partial charge in [-0.1, -0.05) is 0 Å². The molecule has 0 radical (unpaired) electrons. The van der Waals surface area contributed by atoms with E-state index >= 15 is 0 Å². The van der Waals surface area contributed by atoms with Gasteiger partial charge in [-0.05, 0) is 18.9 Å². The number of hydrogen-bond acceptors (Lipinski definition) is 6. The van der Waals surface area contributed by atoms with Crippen LogP contribution in [-0.4, -0.2) is 44.5 Å². The summed E-state index contributed by atoms with van der Waals surface area (Å²) in [5.74, 6) is 0.226. The van der Waals surface area contributed by atoms with E-state index in [1.165, 1.54) is 4.57 Å². The number of nitrogens with one attached hydrogen (secondary N) is 1. The number of hydrogen-bond donors (Lipinski definition) is 2. The first-order valence-electron chi connectivity index (χ1n) is 7.95. The van der Waals surface area contributed by atoms with Gasteiger partial charge in [0.1, 0.15) is 5.39 Å². The average Bonchev–Trinajstić information content (AvgIpc) is 3.14. The molecular formula is C15H18N6O3S. The average molecular weight is 362 g/mol. The van der Waals surface area contributed by atoms with Crippen molar-refractivity contribution in [2.24, 2.45) is 7.05 Å². The Hall–Kier alpha value is -2.62. The molecule has 4 rings (SSSR count). The van der Waals surface area contributed by atoms with Crippen LogP contribution in [-0.2, 0) is 16.9 Å². The molecule has 3 aromatic heterocycles. The second-order valence-electron chi connectivity index (χ2n) is 6.40. The second kappa shape index (κ2) is 5.45. The molecule has 25 heavy (non-hydrogen) atoms. The van der Waals surface area contributed by atoms with Crippen LogP contribution in [0.25, 0.3) is 22.2 Å². The van der Waals surface area contributed by atoms with E-state index in [1.54, 1.807) is 24.1 Å². The Morgan fingerprint density at radius 3 is 2.88 bits per heavy atom. The van der Waals surface area contributed by atoms with Gasteiger partial charge in [-0.25, -0.2) is 8.42 Å². The standard InChI is InChI=1S/C15H18N6O3S/c1-20-5-4-11(19-20)10-7-21(9-3-2-6-25(23,24)8-9)15(22)12-13(10)17-18-14(12)16/h4-5,7,9H,2-3,6,8H2,1H3,(H3,16,17,18). The zero-order valence-electron chi connectivity index (χ0n) is 13.6. The Balaban J connectivity index is 1.97. The minimum absolute atomic E-state index is 0.0438. The van der Waals surface area contributed by atoms with Crippen molar-refractivity contribution < 1.29 is 8.42 Å². The van der Waals surface area contributed by atoms with E-state index in [2.05, 4.69) is 15.3 Å². The van der Waals surface area contributed by atoms with Crippen LogP contribution in [0.5, 0.6) is 0 Å². The zero-order chi connectivity index (χ0) is 17.8. The van der Waals surface area contributed by atoms with Crippen molar-refractivity contribution in [1.82, 2.24) is 24.5 Å². The summed E-state index contributed by atoms with van der Waals surface area (Å²) in [5, 5.41) is 11.4. The van der Waals surface area contributed by atoms with E-state index in [1.807, 2.05) is 6.07 Å². The molecule has 0 amide bonds. The molecule has 0 spiro atoms. The Bertz CT molecular complexity index is 1120. The van der Waals surface area contributed by atoms with Crippen LogP contribution in [0.2, 0.25) is 0 Å². The molecule has 0 bridgehead atoms. The lowest BCUT2D eigenvalue weighted by atomic mass is 10.1. The van der Waals surface area contributed by atoms with Gasteiger partial charge in [0, 0.05) is 25.0 Å². The fraction of sp³-hybridized carbons (Fsp3) is 0.400. The highest BCUT2D eigenvalue weighted by atomic mass is 32.2. The number of pyridine rings is 1. The number of nitrogen functional groups attached to an aromatic ring is 1. The molecule has 1 aliphatic rings. The molecule has 1 saturated heterocycles. The zero-order valence-corrected chi connectivity index (χ0v) is 14.5. The molecule has 0 aliphatic carbocycles. The Kier molecular flexibility index (Phi) is 3.46. The summed E-state index contributed by atoms with van der Waals surface area (Å²) in [5.41, 5.74) is 7.39. The second-order valence-corrected chi connectivity index (χ2v) is 8.63. The summed E-state index contributed by atoms with van der Waals surface area (Å²) in [6.45, 7) is 0. The fourth-order valence-corrected chi connectivity index (χ4v) is 5.09. The molecule has 9 nitrogen and oxygen atoms in total. The number of fused-ring (bicyclic) bond motifs is 1.